The molecule has 0 bridgehead atoms. The summed E-state index contributed by atoms with van der Waals surface area (Å²) in [6.45, 7) is 0.507. The number of amides is 1. The quantitative estimate of drug-likeness (QED) is 0.537. The van der Waals surface area contributed by atoms with Crippen molar-refractivity contribution < 1.29 is 14.3 Å². The van der Waals surface area contributed by atoms with E-state index in [2.05, 4.69) is 15.3 Å². The van der Waals surface area contributed by atoms with Crippen molar-refractivity contribution in [3.05, 3.63) is 52.6 Å². The monoisotopic (exact) mass is 477 g/mol. The van der Waals surface area contributed by atoms with Crippen molar-refractivity contribution in [1.82, 2.24) is 14.5 Å². The van der Waals surface area contributed by atoms with Crippen molar-refractivity contribution in [2.24, 2.45) is 17.6 Å². The van der Waals surface area contributed by atoms with Crippen molar-refractivity contribution in [3.8, 4) is 11.5 Å². The Morgan fingerprint density at radius 1 is 1.20 bits per heavy atom. The molecular weight excluding hydrogens is 446 g/mol. The molecule has 0 radical (unpaired) electrons. The minimum atomic E-state index is -0.169. The van der Waals surface area contributed by atoms with Gasteiger partial charge in [-0.1, -0.05) is 12.8 Å². The number of aryl methyl sites for hydroxylation is 1. The van der Waals surface area contributed by atoms with Gasteiger partial charge in [0.2, 0.25) is 0 Å². The predicted molar refractivity (Wildman–Crippen MR) is 133 cm³/mol. The Morgan fingerprint density at radius 2 is 2.03 bits per heavy atom. The van der Waals surface area contributed by atoms with Gasteiger partial charge in [-0.3, -0.25) is 14.6 Å². The number of pyridine rings is 3. The van der Waals surface area contributed by atoms with E-state index in [4.69, 9.17) is 15.2 Å². The van der Waals surface area contributed by atoms with Gasteiger partial charge in [-0.15, -0.1) is 0 Å². The SMILES string of the molecule is COc1cnc2ccc(=O)n(CC(N)C3CCC(CCc4ccc5c(n4)NC(=O)CO5)CC3)c2c1. The molecule has 1 aliphatic carbocycles. The minimum Gasteiger partial charge on any atom is -0.495 e. The third kappa shape index (κ3) is 5.14. The highest BCUT2D eigenvalue weighted by atomic mass is 16.5. The summed E-state index contributed by atoms with van der Waals surface area (Å²) in [6, 6.07) is 8.90. The molecule has 35 heavy (non-hydrogen) atoms. The van der Waals surface area contributed by atoms with Crippen LogP contribution in [0.1, 0.15) is 37.8 Å². The van der Waals surface area contributed by atoms with E-state index in [0.29, 0.717) is 35.7 Å². The first-order chi connectivity index (χ1) is 17.0. The van der Waals surface area contributed by atoms with Crippen LogP contribution < -0.4 is 26.1 Å². The zero-order chi connectivity index (χ0) is 24.4. The Morgan fingerprint density at radius 3 is 2.83 bits per heavy atom. The lowest BCUT2D eigenvalue weighted by molar-refractivity contribution is -0.118. The standard InChI is InChI=1S/C26H31N5O4/c1-34-19-12-22-21(28-13-19)9-11-25(33)31(22)14-20(27)17-5-2-16(3-6-17)4-7-18-8-10-23-26(29-18)30-24(32)15-35-23/h8-13,16-17,20H,2-7,14-15,27H2,1H3,(H,29,30,32). The summed E-state index contributed by atoms with van der Waals surface area (Å²) in [5.41, 5.74) is 9.03. The lowest BCUT2D eigenvalue weighted by Crippen LogP contribution is -2.39. The highest BCUT2D eigenvalue weighted by Gasteiger charge is 2.26. The smallest absolute Gasteiger partial charge is 0.263 e. The van der Waals surface area contributed by atoms with Crippen molar-refractivity contribution in [2.45, 2.75) is 51.1 Å². The van der Waals surface area contributed by atoms with E-state index >= 15 is 0 Å². The lowest BCUT2D eigenvalue weighted by Gasteiger charge is -2.32. The number of aromatic nitrogens is 3. The highest BCUT2D eigenvalue weighted by molar-refractivity contribution is 5.94. The van der Waals surface area contributed by atoms with Crippen LogP contribution in [0.25, 0.3) is 11.0 Å². The van der Waals surface area contributed by atoms with Crippen molar-refractivity contribution >= 4 is 22.8 Å². The molecule has 1 saturated carbocycles. The molecule has 184 valence electrons. The number of methoxy groups -OCH3 is 1. The number of rotatable bonds is 7. The number of fused-ring (bicyclic) bond motifs is 2. The summed E-state index contributed by atoms with van der Waals surface area (Å²) in [5.74, 6) is 2.59. The molecule has 1 fully saturated rings. The molecule has 1 unspecified atom stereocenters. The van der Waals surface area contributed by atoms with Crippen LogP contribution in [-0.2, 0) is 17.8 Å². The average molecular weight is 478 g/mol. The van der Waals surface area contributed by atoms with Crippen LogP contribution in [0, 0.1) is 11.8 Å². The molecule has 9 heteroatoms. The van der Waals surface area contributed by atoms with E-state index in [0.717, 1.165) is 55.3 Å². The van der Waals surface area contributed by atoms with Crippen LogP contribution in [0.4, 0.5) is 5.82 Å². The Bertz CT molecular complexity index is 1280. The van der Waals surface area contributed by atoms with E-state index in [-0.39, 0.29) is 24.1 Å². The molecule has 3 aromatic rings. The van der Waals surface area contributed by atoms with Gasteiger partial charge >= 0.3 is 0 Å². The molecule has 5 rings (SSSR count). The second kappa shape index (κ2) is 10.0. The highest BCUT2D eigenvalue weighted by Crippen LogP contribution is 2.34. The van der Waals surface area contributed by atoms with Gasteiger partial charge in [-0.2, -0.15) is 0 Å². The summed E-state index contributed by atoms with van der Waals surface area (Å²) in [6.07, 6.45) is 7.90. The predicted octanol–water partition coefficient (Wildman–Crippen LogP) is 2.90. The molecule has 0 spiro atoms. The second-order valence-corrected chi connectivity index (χ2v) is 9.53. The normalized spacial score (nSPS) is 20.6. The fourth-order valence-corrected chi connectivity index (χ4v) is 5.21. The first-order valence-electron chi connectivity index (χ1n) is 12.2. The zero-order valence-electron chi connectivity index (χ0n) is 19.9. The van der Waals surface area contributed by atoms with Gasteiger partial charge in [-0.25, -0.2) is 4.98 Å². The summed E-state index contributed by atoms with van der Waals surface area (Å²) < 4.78 is 12.4. The molecule has 0 aromatic carbocycles. The summed E-state index contributed by atoms with van der Waals surface area (Å²) in [7, 11) is 1.59. The molecule has 0 saturated heterocycles. The van der Waals surface area contributed by atoms with Crippen LogP contribution in [0.5, 0.6) is 11.5 Å². The second-order valence-electron chi connectivity index (χ2n) is 9.53. The number of nitrogens with zero attached hydrogens (tertiary/aromatic N) is 3. The van der Waals surface area contributed by atoms with Gasteiger partial charge in [0.25, 0.3) is 11.5 Å². The Hall–Kier alpha value is -3.46. The largest absolute Gasteiger partial charge is 0.495 e. The van der Waals surface area contributed by atoms with Crippen LogP contribution in [0.15, 0.2) is 41.3 Å². The third-order valence-corrected chi connectivity index (χ3v) is 7.28. The molecule has 9 nitrogen and oxygen atoms in total. The number of hydrogen-bond acceptors (Lipinski definition) is 7. The lowest BCUT2D eigenvalue weighted by atomic mass is 9.77. The summed E-state index contributed by atoms with van der Waals surface area (Å²) >= 11 is 0. The van der Waals surface area contributed by atoms with Gasteiger partial charge in [0, 0.05) is 30.4 Å². The maximum absolute atomic E-state index is 12.6. The molecule has 4 heterocycles. The van der Waals surface area contributed by atoms with Gasteiger partial charge in [0.1, 0.15) is 5.75 Å². The van der Waals surface area contributed by atoms with Crippen molar-refractivity contribution in [3.63, 3.8) is 0 Å². The molecule has 3 aromatic heterocycles. The number of ether oxygens (including phenoxy) is 2. The summed E-state index contributed by atoms with van der Waals surface area (Å²) in [5, 5.41) is 2.77. The molecular formula is C26H31N5O4. The van der Waals surface area contributed by atoms with E-state index in [1.165, 1.54) is 0 Å². The zero-order valence-corrected chi connectivity index (χ0v) is 19.9. The van der Waals surface area contributed by atoms with Crippen LogP contribution in [-0.4, -0.2) is 40.2 Å². The Balaban J connectivity index is 1.17. The Labute approximate surface area is 203 Å². The molecule has 1 amide bonds. The number of carbonyl (C=O) groups excluding carboxylic acids is 1. The Kier molecular flexibility index (Phi) is 6.68. The molecule has 2 aliphatic rings. The van der Waals surface area contributed by atoms with E-state index in [1.54, 1.807) is 30.0 Å². The first-order valence-corrected chi connectivity index (χ1v) is 12.2. The van der Waals surface area contributed by atoms with Crippen LogP contribution >= 0.6 is 0 Å². The third-order valence-electron chi connectivity index (χ3n) is 7.28. The topological polar surface area (TPSA) is 121 Å². The number of carbonyl (C=O) groups is 1. The number of nitrogens with one attached hydrogen (secondary N) is 1. The van der Waals surface area contributed by atoms with E-state index in [9.17, 15) is 9.59 Å². The van der Waals surface area contributed by atoms with Crippen LogP contribution in [0.3, 0.4) is 0 Å². The van der Waals surface area contributed by atoms with E-state index in [1.807, 2.05) is 18.2 Å². The molecule has 1 atom stereocenters. The van der Waals surface area contributed by atoms with Gasteiger partial charge in [0.15, 0.2) is 18.2 Å². The fourth-order valence-electron chi connectivity index (χ4n) is 5.21. The van der Waals surface area contributed by atoms with Gasteiger partial charge in [-0.05, 0) is 55.7 Å². The van der Waals surface area contributed by atoms with Gasteiger partial charge < -0.3 is 25.1 Å². The minimum absolute atomic E-state index is 0.0413. The van der Waals surface area contributed by atoms with Gasteiger partial charge in [0.05, 0.1) is 24.3 Å². The number of anilines is 1. The molecule has 3 N–H and O–H groups in total. The number of hydrogen-bond donors (Lipinski definition) is 2. The fraction of sp³-hybridized carbons (Fsp3) is 0.462. The number of nitrogens with two attached hydrogens (primary N) is 1. The van der Waals surface area contributed by atoms with Crippen molar-refractivity contribution in [2.75, 3.05) is 19.0 Å². The van der Waals surface area contributed by atoms with Crippen LogP contribution in [0.2, 0.25) is 0 Å². The average Bonchev–Trinajstić information content (AvgIpc) is 2.88. The molecule has 1 aliphatic heterocycles. The van der Waals surface area contributed by atoms with E-state index < -0.39 is 0 Å². The van der Waals surface area contributed by atoms with Crippen molar-refractivity contribution in [1.29, 1.82) is 0 Å². The first kappa shape index (κ1) is 23.3. The maximum Gasteiger partial charge on any atom is 0.263 e. The summed E-state index contributed by atoms with van der Waals surface area (Å²) in [4.78, 5) is 33.1. The maximum atomic E-state index is 12.6.